The Balaban J connectivity index is 1.51. The van der Waals surface area contributed by atoms with Crippen LogP contribution in [0.2, 0.25) is 0 Å². The summed E-state index contributed by atoms with van der Waals surface area (Å²) in [6, 6.07) is 9.05. The van der Waals surface area contributed by atoms with Crippen LogP contribution >= 0.6 is 0 Å². The van der Waals surface area contributed by atoms with E-state index in [1.165, 1.54) is 12.0 Å². The van der Waals surface area contributed by atoms with E-state index in [9.17, 15) is 10.1 Å². The number of hydrogen-bond donors (Lipinski definition) is 0. The number of rotatable bonds is 6. The number of fused-ring (bicyclic) bond motifs is 1. The van der Waals surface area contributed by atoms with Crippen molar-refractivity contribution in [3.63, 3.8) is 0 Å². The highest BCUT2D eigenvalue weighted by Gasteiger charge is 2.21. The Kier molecular flexibility index (Phi) is 6.70. The summed E-state index contributed by atoms with van der Waals surface area (Å²) >= 11 is 0. The molecule has 1 aliphatic heterocycles. The lowest BCUT2D eigenvalue weighted by molar-refractivity contribution is 0.0253. The van der Waals surface area contributed by atoms with E-state index >= 15 is 0 Å². The SMILES string of the molecule is COc1cc(C(=O)N(C)C)ncc1-c1cc2nccc(-c3cc(C#N)c(OC4CCOCC4)cn3)c2o1. The van der Waals surface area contributed by atoms with Crippen molar-refractivity contribution in [1.29, 1.82) is 5.26 Å². The van der Waals surface area contributed by atoms with Crippen molar-refractivity contribution in [2.75, 3.05) is 34.4 Å². The summed E-state index contributed by atoms with van der Waals surface area (Å²) in [7, 11) is 4.84. The molecule has 0 radical (unpaired) electrons. The van der Waals surface area contributed by atoms with Crippen LogP contribution in [0.25, 0.3) is 33.7 Å². The van der Waals surface area contributed by atoms with Crippen LogP contribution in [0.4, 0.5) is 0 Å². The molecule has 1 amide bonds. The molecule has 4 aromatic heterocycles. The minimum atomic E-state index is -0.234. The van der Waals surface area contributed by atoms with E-state index in [1.54, 1.807) is 57.0 Å². The van der Waals surface area contributed by atoms with Crippen molar-refractivity contribution in [3.05, 3.63) is 54.1 Å². The third kappa shape index (κ3) is 4.81. The van der Waals surface area contributed by atoms with Gasteiger partial charge in [-0.25, -0.2) is 0 Å². The number of amides is 1. The number of furan rings is 1. The number of ether oxygens (including phenoxy) is 3. The van der Waals surface area contributed by atoms with Crippen LogP contribution in [0.15, 0.2) is 47.3 Å². The van der Waals surface area contributed by atoms with E-state index in [0.717, 1.165) is 12.8 Å². The minimum Gasteiger partial charge on any atom is -0.496 e. The lowest BCUT2D eigenvalue weighted by Gasteiger charge is -2.23. The predicted octanol–water partition coefficient (Wildman–Crippen LogP) is 4.09. The Bertz CT molecular complexity index is 1500. The number of nitrogens with zero attached hydrogens (tertiary/aromatic N) is 5. The van der Waals surface area contributed by atoms with Gasteiger partial charge in [-0.3, -0.25) is 19.7 Å². The number of methoxy groups -OCH3 is 1. The van der Waals surface area contributed by atoms with Crippen molar-refractivity contribution < 1.29 is 23.4 Å². The number of nitriles is 1. The maximum absolute atomic E-state index is 12.3. The van der Waals surface area contributed by atoms with Gasteiger partial charge in [-0.1, -0.05) is 0 Å². The van der Waals surface area contributed by atoms with Gasteiger partial charge < -0.3 is 23.5 Å². The number of carbonyl (C=O) groups is 1. The van der Waals surface area contributed by atoms with Crippen molar-refractivity contribution in [2.24, 2.45) is 0 Å². The summed E-state index contributed by atoms with van der Waals surface area (Å²) in [5, 5.41) is 9.77. The molecule has 0 aliphatic carbocycles. The highest BCUT2D eigenvalue weighted by Crippen LogP contribution is 2.37. The standard InChI is InChI=1S/C27H25N5O5/c1-32(2)27(33)22-12-23(34-3)19(14-30-22)24-11-21-26(37-24)18(4-7-29-21)20-10-16(13-28)25(15-31-20)36-17-5-8-35-9-6-17/h4,7,10-12,14-15,17H,5-6,8-9H2,1-3H3. The average molecular weight is 500 g/mol. The van der Waals surface area contributed by atoms with Gasteiger partial charge in [0.05, 0.1) is 43.3 Å². The van der Waals surface area contributed by atoms with Crippen LogP contribution < -0.4 is 9.47 Å². The second-order valence-corrected chi connectivity index (χ2v) is 8.76. The van der Waals surface area contributed by atoms with E-state index in [-0.39, 0.29) is 17.7 Å². The normalized spacial score (nSPS) is 13.8. The molecule has 0 atom stereocenters. The predicted molar refractivity (Wildman–Crippen MR) is 134 cm³/mol. The average Bonchev–Trinajstić information content (AvgIpc) is 3.37. The molecule has 10 heteroatoms. The summed E-state index contributed by atoms with van der Waals surface area (Å²) in [5.41, 5.74) is 3.57. The second-order valence-electron chi connectivity index (χ2n) is 8.76. The molecule has 10 nitrogen and oxygen atoms in total. The highest BCUT2D eigenvalue weighted by molar-refractivity contribution is 5.94. The van der Waals surface area contributed by atoms with Gasteiger partial charge in [-0.15, -0.1) is 0 Å². The minimum absolute atomic E-state index is 0.00300. The van der Waals surface area contributed by atoms with Crippen LogP contribution in [0.1, 0.15) is 28.9 Å². The topological polar surface area (TPSA) is 124 Å². The molecule has 4 aromatic rings. The van der Waals surface area contributed by atoms with E-state index in [2.05, 4.69) is 21.0 Å². The van der Waals surface area contributed by atoms with Gasteiger partial charge in [0.1, 0.15) is 34.9 Å². The second kappa shape index (κ2) is 10.2. The summed E-state index contributed by atoms with van der Waals surface area (Å²) < 4.78 is 23.2. The van der Waals surface area contributed by atoms with Gasteiger partial charge >= 0.3 is 0 Å². The lowest BCUT2D eigenvalue weighted by Crippen LogP contribution is -2.26. The molecule has 0 aromatic carbocycles. The number of aromatic nitrogens is 3. The van der Waals surface area contributed by atoms with Crippen LogP contribution in [0.5, 0.6) is 11.5 Å². The monoisotopic (exact) mass is 499 g/mol. The maximum atomic E-state index is 12.3. The Morgan fingerprint density at radius 1 is 1.08 bits per heavy atom. The molecule has 1 fully saturated rings. The number of pyridine rings is 3. The highest BCUT2D eigenvalue weighted by atomic mass is 16.5. The van der Waals surface area contributed by atoms with Gasteiger partial charge in [-0.05, 0) is 12.1 Å². The molecular formula is C27H25N5O5. The first-order valence-corrected chi connectivity index (χ1v) is 11.8. The Morgan fingerprint density at radius 3 is 2.62 bits per heavy atom. The van der Waals surface area contributed by atoms with Crippen LogP contribution in [0.3, 0.4) is 0 Å². The third-order valence-electron chi connectivity index (χ3n) is 6.11. The molecule has 0 N–H and O–H groups in total. The zero-order chi connectivity index (χ0) is 25.9. The fraction of sp³-hybridized carbons (Fsp3) is 0.296. The Hall–Kier alpha value is -4.49. The molecule has 5 rings (SSSR count). The van der Waals surface area contributed by atoms with Crippen molar-refractivity contribution in [1.82, 2.24) is 19.9 Å². The Labute approximate surface area is 213 Å². The van der Waals surface area contributed by atoms with Crippen molar-refractivity contribution in [3.8, 4) is 40.1 Å². The van der Waals surface area contributed by atoms with Crippen molar-refractivity contribution >= 4 is 17.0 Å². The number of hydrogen-bond acceptors (Lipinski definition) is 9. The van der Waals surface area contributed by atoms with Gasteiger partial charge in [0.25, 0.3) is 5.91 Å². The van der Waals surface area contributed by atoms with Crippen LogP contribution in [-0.4, -0.2) is 66.3 Å². The molecule has 1 saturated heterocycles. The maximum Gasteiger partial charge on any atom is 0.272 e. The number of carbonyl (C=O) groups excluding carboxylic acids is 1. The summed E-state index contributed by atoms with van der Waals surface area (Å²) in [4.78, 5) is 27.1. The fourth-order valence-corrected chi connectivity index (χ4v) is 4.15. The quantitative estimate of drug-likeness (QED) is 0.386. The van der Waals surface area contributed by atoms with Gasteiger partial charge in [-0.2, -0.15) is 5.26 Å². The molecule has 5 heterocycles. The van der Waals surface area contributed by atoms with Crippen molar-refractivity contribution in [2.45, 2.75) is 18.9 Å². The van der Waals surface area contributed by atoms with Gasteiger partial charge in [0.15, 0.2) is 11.3 Å². The Morgan fingerprint density at radius 2 is 1.89 bits per heavy atom. The van der Waals surface area contributed by atoms with Gasteiger partial charge in [0.2, 0.25) is 0 Å². The summed E-state index contributed by atoms with van der Waals surface area (Å²) in [5.74, 6) is 1.14. The molecule has 1 aliphatic rings. The fourth-order valence-electron chi connectivity index (χ4n) is 4.15. The first-order chi connectivity index (χ1) is 18.0. The molecule has 0 unspecified atom stereocenters. The first kappa shape index (κ1) is 24.2. The van der Waals surface area contributed by atoms with Crippen LogP contribution in [-0.2, 0) is 4.74 Å². The van der Waals surface area contributed by atoms with E-state index in [0.29, 0.717) is 64.0 Å². The van der Waals surface area contributed by atoms with E-state index in [1.807, 2.05) is 0 Å². The first-order valence-electron chi connectivity index (χ1n) is 11.8. The molecular weight excluding hydrogens is 474 g/mol. The largest absolute Gasteiger partial charge is 0.496 e. The smallest absolute Gasteiger partial charge is 0.272 e. The molecule has 188 valence electrons. The molecule has 0 bridgehead atoms. The molecule has 37 heavy (non-hydrogen) atoms. The zero-order valence-corrected chi connectivity index (χ0v) is 20.7. The summed E-state index contributed by atoms with van der Waals surface area (Å²) in [6.45, 7) is 1.28. The van der Waals surface area contributed by atoms with E-state index in [4.69, 9.17) is 18.6 Å². The molecule has 0 spiro atoms. The van der Waals surface area contributed by atoms with Gasteiger partial charge in [0, 0.05) is 57.0 Å². The lowest BCUT2D eigenvalue weighted by atomic mass is 10.1. The summed E-state index contributed by atoms with van der Waals surface area (Å²) in [6.07, 6.45) is 6.32. The zero-order valence-electron chi connectivity index (χ0n) is 20.7. The third-order valence-corrected chi connectivity index (χ3v) is 6.11. The molecule has 0 saturated carbocycles. The van der Waals surface area contributed by atoms with E-state index < -0.39 is 0 Å². The van der Waals surface area contributed by atoms with Crippen LogP contribution in [0, 0.1) is 11.3 Å².